The molecule has 0 aromatic heterocycles. The van der Waals surface area contributed by atoms with Crippen LogP contribution in [0.25, 0.3) is 0 Å². The van der Waals surface area contributed by atoms with E-state index in [-0.39, 0.29) is 0 Å². The Hall–Kier alpha value is -0.870. The molecule has 0 bridgehead atoms. The molecule has 0 saturated carbocycles. The van der Waals surface area contributed by atoms with Crippen LogP contribution < -0.4 is 0 Å². The molecule has 0 saturated heterocycles. The molecule has 0 heterocycles. The highest BCUT2D eigenvalue weighted by Gasteiger charge is 2.35. The van der Waals surface area contributed by atoms with Crippen molar-refractivity contribution in [3.05, 3.63) is 34.3 Å². The summed E-state index contributed by atoms with van der Waals surface area (Å²) in [6, 6.07) is 8.13. The smallest absolute Gasteiger partial charge is 0.310 e. The maximum atomic E-state index is 11.5. The summed E-state index contributed by atoms with van der Waals surface area (Å²) in [5.41, 5.74) is 0.557. The second-order valence-corrected chi connectivity index (χ2v) is 6.01. The van der Waals surface area contributed by atoms with Crippen LogP contribution in [0.15, 0.2) is 28.7 Å². The minimum atomic E-state index is -0.694. The third-order valence-electron chi connectivity index (χ3n) is 3.75. The van der Waals surface area contributed by atoms with Crippen molar-refractivity contribution in [2.75, 3.05) is 13.6 Å². The second-order valence-electron chi connectivity index (χ2n) is 5.09. The van der Waals surface area contributed by atoms with Crippen LogP contribution in [-0.2, 0) is 11.3 Å². The zero-order valence-electron chi connectivity index (χ0n) is 11.8. The van der Waals surface area contributed by atoms with Gasteiger partial charge < -0.3 is 10.0 Å². The third-order valence-corrected chi connectivity index (χ3v) is 4.27. The van der Waals surface area contributed by atoms with Crippen molar-refractivity contribution in [3.63, 3.8) is 0 Å². The summed E-state index contributed by atoms with van der Waals surface area (Å²) in [4.78, 5) is 13.6. The lowest BCUT2D eigenvalue weighted by atomic mass is 9.82. The highest BCUT2D eigenvalue weighted by Crippen LogP contribution is 2.28. The number of rotatable bonds is 7. The lowest BCUT2D eigenvalue weighted by Crippen LogP contribution is -2.40. The van der Waals surface area contributed by atoms with Crippen LogP contribution in [0.5, 0.6) is 0 Å². The summed E-state index contributed by atoms with van der Waals surface area (Å²) >= 11 is 3.41. The molecular formula is C15H22BrNO2. The number of nitrogens with zero attached hydrogens (tertiary/aromatic N) is 1. The zero-order chi connectivity index (χ0) is 14.5. The van der Waals surface area contributed by atoms with E-state index in [9.17, 15) is 9.90 Å². The maximum Gasteiger partial charge on any atom is 0.310 e. The van der Waals surface area contributed by atoms with Gasteiger partial charge in [-0.05, 0) is 37.6 Å². The summed E-state index contributed by atoms with van der Waals surface area (Å²) in [5.74, 6) is -0.694. The molecule has 0 aliphatic rings. The molecule has 0 amide bonds. The van der Waals surface area contributed by atoms with Crippen LogP contribution in [0.1, 0.15) is 32.3 Å². The predicted molar refractivity (Wildman–Crippen MR) is 81.1 cm³/mol. The van der Waals surface area contributed by atoms with Crippen LogP contribution in [0.2, 0.25) is 0 Å². The quantitative estimate of drug-likeness (QED) is 0.828. The Balaban J connectivity index is 2.70. The first-order valence-electron chi connectivity index (χ1n) is 6.60. The number of carbonyl (C=O) groups is 1. The van der Waals surface area contributed by atoms with Crippen molar-refractivity contribution >= 4 is 21.9 Å². The molecular weight excluding hydrogens is 306 g/mol. The van der Waals surface area contributed by atoms with Gasteiger partial charge >= 0.3 is 5.97 Å². The van der Waals surface area contributed by atoms with Crippen LogP contribution in [0.4, 0.5) is 0 Å². The number of hydrogen-bond acceptors (Lipinski definition) is 2. The zero-order valence-corrected chi connectivity index (χ0v) is 13.4. The lowest BCUT2D eigenvalue weighted by Gasteiger charge is -2.31. The Kier molecular flexibility index (Phi) is 6.01. The molecule has 1 N–H and O–H groups in total. The standard InChI is InChI=1S/C15H22BrNO2/c1-4-15(5-2,14(18)19)11-17(3)10-12-6-8-13(16)9-7-12/h6-9H,4-5,10-11H2,1-3H3,(H,18,19). The minimum absolute atomic E-state index is 0.575. The van der Waals surface area contributed by atoms with Gasteiger partial charge in [-0.3, -0.25) is 4.79 Å². The van der Waals surface area contributed by atoms with Crippen LogP contribution in [-0.4, -0.2) is 29.6 Å². The van der Waals surface area contributed by atoms with E-state index in [1.54, 1.807) is 0 Å². The molecule has 1 aromatic rings. The van der Waals surface area contributed by atoms with Crippen molar-refractivity contribution in [1.82, 2.24) is 4.90 Å². The average Bonchev–Trinajstić information content (AvgIpc) is 2.38. The Morgan fingerprint density at radius 1 is 1.26 bits per heavy atom. The van der Waals surface area contributed by atoms with Crippen LogP contribution in [0.3, 0.4) is 0 Å². The first-order chi connectivity index (χ1) is 8.93. The number of carboxylic acid groups (broad SMARTS) is 1. The molecule has 0 spiro atoms. The molecule has 0 aliphatic heterocycles. The number of carboxylic acids is 1. The SMILES string of the molecule is CCC(CC)(CN(C)Cc1ccc(Br)cc1)C(=O)O. The maximum absolute atomic E-state index is 11.5. The van der Waals surface area contributed by atoms with Crippen molar-refractivity contribution < 1.29 is 9.90 Å². The van der Waals surface area contributed by atoms with Crippen molar-refractivity contribution in [1.29, 1.82) is 0 Å². The Morgan fingerprint density at radius 3 is 2.21 bits per heavy atom. The molecule has 0 atom stereocenters. The fourth-order valence-corrected chi connectivity index (χ4v) is 2.58. The Bertz CT molecular complexity index is 413. The van der Waals surface area contributed by atoms with Crippen molar-refractivity contribution in [3.8, 4) is 0 Å². The number of benzene rings is 1. The van der Waals surface area contributed by atoms with E-state index in [2.05, 4.69) is 33.0 Å². The minimum Gasteiger partial charge on any atom is -0.481 e. The van der Waals surface area contributed by atoms with Gasteiger partial charge in [-0.15, -0.1) is 0 Å². The molecule has 3 nitrogen and oxygen atoms in total. The molecule has 1 aromatic carbocycles. The number of hydrogen-bond donors (Lipinski definition) is 1. The van der Waals surface area contributed by atoms with Gasteiger partial charge in [0.25, 0.3) is 0 Å². The molecule has 0 radical (unpaired) electrons. The summed E-state index contributed by atoms with van der Waals surface area (Å²) in [6.45, 7) is 5.24. The monoisotopic (exact) mass is 327 g/mol. The third kappa shape index (κ3) is 4.32. The summed E-state index contributed by atoms with van der Waals surface area (Å²) in [6.07, 6.45) is 1.31. The number of halogens is 1. The average molecular weight is 328 g/mol. The summed E-state index contributed by atoms with van der Waals surface area (Å²) < 4.78 is 1.06. The normalized spacial score (nSPS) is 11.8. The predicted octanol–water partition coefficient (Wildman–Crippen LogP) is 3.77. The van der Waals surface area contributed by atoms with Gasteiger partial charge in [0, 0.05) is 17.6 Å². The first kappa shape index (κ1) is 16.2. The summed E-state index contributed by atoms with van der Waals surface area (Å²) in [5, 5.41) is 9.44. The van der Waals surface area contributed by atoms with Crippen molar-refractivity contribution in [2.24, 2.45) is 5.41 Å². The van der Waals surface area contributed by atoms with Gasteiger partial charge in [0.05, 0.1) is 5.41 Å². The lowest BCUT2D eigenvalue weighted by molar-refractivity contribution is -0.150. The van der Waals surface area contributed by atoms with E-state index in [4.69, 9.17) is 0 Å². The molecule has 0 fully saturated rings. The molecule has 19 heavy (non-hydrogen) atoms. The molecule has 1 rings (SSSR count). The van der Waals surface area contributed by atoms with Gasteiger partial charge in [0.1, 0.15) is 0 Å². The van der Waals surface area contributed by atoms with Crippen LogP contribution >= 0.6 is 15.9 Å². The number of aliphatic carboxylic acids is 1. The van der Waals surface area contributed by atoms with Gasteiger partial charge in [-0.2, -0.15) is 0 Å². The topological polar surface area (TPSA) is 40.5 Å². The fraction of sp³-hybridized carbons (Fsp3) is 0.533. The second kappa shape index (κ2) is 7.06. The highest BCUT2D eigenvalue weighted by molar-refractivity contribution is 9.10. The molecule has 4 heteroatoms. The molecule has 0 unspecified atom stereocenters. The first-order valence-corrected chi connectivity index (χ1v) is 7.39. The van der Waals surface area contributed by atoms with E-state index in [1.165, 1.54) is 5.56 Å². The van der Waals surface area contributed by atoms with Crippen LogP contribution in [0, 0.1) is 5.41 Å². The Labute approximate surface area is 123 Å². The van der Waals surface area contributed by atoms with Gasteiger partial charge in [-0.1, -0.05) is 41.9 Å². The molecule has 0 aliphatic carbocycles. The molecule has 106 valence electrons. The summed E-state index contributed by atoms with van der Waals surface area (Å²) in [7, 11) is 1.98. The van der Waals surface area contributed by atoms with E-state index in [0.717, 1.165) is 11.0 Å². The van der Waals surface area contributed by atoms with E-state index < -0.39 is 11.4 Å². The van der Waals surface area contributed by atoms with E-state index in [0.29, 0.717) is 19.4 Å². The highest BCUT2D eigenvalue weighted by atomic mass is 79.9. The van der Waals surface area contributed by atoms with Gasteiger partial charge in [-0.25, -0.2) is 0 Å². The largest absolute Gasteiger partial charge is 0.481 e. The van der Waals surface area contributed by atoms with Gasteiger partial charge in [0.2, 0.25) is 0 Å². The van der Waals surface area contributed by atoms with E-state index >= 15 is 0 Å². The van der Waals surface area contributed by atoms with Gasteiger partial charge in [0.15, 0.2) is 0 Å². The van der Waals surface area contributed by atoms with Crippen molar-refractivity contribution in [2.45, 2.75) is 33.2 Å². The Morgan fingerprint density at radius 2 is 1.79 bits per heavy atom. The fourth-order valence-electron chi connectivity index (χ4n) is 2.32. The van der Waals surface area contributed by atoms with E-state index in [1.807, 2.05) is 33.0 Å².